The quantitative estimate of drug-likeness (QED) is 0.710. The number of fused-ring (bicyclic) bond motifs is 7. The predicted octanol–water partition coefficient (Wildman–Crippen LogP) is 3.09. The minimum atomic E-state index is -1.22. The number of rotatable bonds is 2. The number of aryl methyl sites for hydroxylation is 1. The molecule has 1 spiro atoms. The van der Waals surface area contributed by atoms with Gasteiger partial charge in [0.1, 0.15) is 11.3 Å². The maximum absolute atomic E-state index is 13.9. The highest BCUT2D eigenvalue weighted by atomic mass is 35.5. The molecular formula is C24H22ClN3O4. The first-order valence-electron chi connectivity index (χ1n) is 10.8. The lowest BCUT2D eigenvalue weighted by Crippen LogP contribution is -2.54. The number of benzene rings is 2. The first kappa shape index (κ1) is 19.8. The third kappa shape index (κ3) is 2.22. The molecule has 2 aromatic carbocycles. The van der Waals surface area contributed by atoms with Crippen LogP contribution in [0, 0.1) is 18.8 Å². The Labute approximate surface area is 190 Å². The summed E-state index contributed by atoms with van der Waals surface area (Å²) >= 11 is 6.50. The standard InChI is InChI=1S/C24H22ClN3O4/c1-12-10-15-20(16(25)11-12)26-23(31)24(15)19-18(17-4-3-9-27(17)24)21(29)28(22(19)30)13-5-7-14(32-2)8-6-13/h5-8,10-11,17-19H,3-4,9H2,1-2H3,(H,26,31)/t17-,18+,19-,24-/m0/s1. The Morgan fingerprint density at radius 1 is 1.12 bits per heavy atom. The van der Waals surface area contributed by atoms with Crippen molar-refractivity contribution in [2.45, 2.75) is 31.3 Å². The number of imide groups is 1. The number of amides is 3. The van der Waals surface area contributed by atoms with Crippen LogP contribution in [0.3, 0.4) is 0 Å². The number of methoxy groups -OCH3 is 1. The van der Waals surface area contributed by atoms with Gasteiger partial charge in [-0.2, -0.15) is 0 Å². The summed E-state index contributed by atoms with van der Waals surface area (Å²) in [6, 6.07) is 10.4. The van der Waals surface area contributed by atoms with Gasteiger partial charge < -0.3 is 10.1 Å². The lowest BCUT2D eigenvalue weighted by Gasteiger charge is -2.36. The van der Waals surface area contributed by atoms with E-state index in [9.17, 15) is 14.4 Å². The molecule has 7 nitrogen and oxygen atoms in total. The Morgan fingerprint density at radius 3 is 2.59 bits per heavy atom. The van der Waals surface area contributed by atoms with Crippen molar-refractivity contribution in [3.8, 4) is 5.75 Å². The van der Waals surface area contributed by atoms with Crippen molar-refractivity contribution in [3.63, 3.8) is 0 Å². The number of nitrogens with one attached hydrogen (secondary N) is 1. The zero-order valence-electron chi connectivity index (χ0n) is 17.7. The van der Waals surface area contributed by atoms with Gasteiger partial charge in [0, 0.05) is 11.6 Å². The molecule has 0 unspecified atom stereocenters. The Bertz CT molecular complexity index is 1200. The average molecular weight is 452 g/mol. The van der Waals surface area contributed by atoms with E-state index in [0.29, 0.717) is 34.3 Å². The summed E-state index contributed by atoms with van der Waals surface area (Å²) in [5.74, 6) is -1.55. The molecule has 8 heteroatoms. The molecule has 1 N–H and O–H groups in total. The monoisotopic (exact) mass is 451 g/mol. The van der Waals surface area contributed by atoms with Crippen molar-refractivity contribution in [2.24, 2.45) is 11.8 Å². The molecule has 2 aromatic rings. The smallest absolute Gasteiger partial charge is 0.250 e. The van der Waals surface area contributed by atoms with Gasteiger partial charge in [-0.25, -0.2) is 4.90 Å². The van der Waals surface area contributed by atoms with Crippen LogP contribution in [0.4, 0.5) is 11.4 Å². The predicted molar refractivity (Wildman–Crippen MR) is 119 cm³/mol. The maximum atomic E-state index is 13.9. The van der Waals surface area contributed by atoms with E-state index < -0.39 is 17.4 Å². The van der Waals surface area contributed by atoms with E-state index in [1.165, 1.54) is 4.90 Å². The number of hydrogen-bond acceptors (Lipinski definition) is 5. The van der Waals surface area contributed by atoms with Gasteiger partial charge in [-0.15, -0.1) is 0 Å². The second-order valence-electron chi connectivity index (χ2n) is 9.01. The molecule has 3 amide bonds. The van der Waals surface area contributed by atoms with Crippen LogP contribution in [-0.2, 0) is 19.9 Å². The zero-order valence-corrected chi connectivity index (χ0v) is 18.5. The largest absolute Gasteiger partial charge is 0.497 e. The molecule has 6 rings (SSSR count). The fourth-order valence-electron chi connectivity index (χ4n) is 6.38. The van der Waals surface area contributed by atoms with Crippen LogP contribution in [0.15, 0.2) is 36.4 Å². The molecule has 4 heterocycles. The van der Waals surface area contributed by atoms with Crippen molar-refractivity contribution < 1.29 is 19.1 Å². The van der Waals surface area contributed by atoms with E-state index in [1.54, 1.807) is 37.4 Å². The molecule has 0 aromatic heterocycles. The average Bonchev–Trinajstić information content (AvgIpc) is 3.47. The first-order valence-corrected chi connectivity index (χ1v) is 11.2. The van der Waals surface area contributed by atoms with Crippen LogP contribution < -0.4 is 15.0 Å². The van der Waals surface area contributed by atoms with Gasteiger partial charge in [-0.3, -0.25) is 19.3 Å². The molecule has 3 fully saturated rings. The summed E-state index contributed by atoms with van der Waals surface area (Å²) in [6.07, 6.45) is 1.66. The summed E-state index contributed by atoms with van der Waals surface area (Å²) in [4.78, 5) is 44.6. The fraction of sp³-hybridized carbons (Fsp3) is 0.375. The highest BCUT2D eigenvalue weighted by Crippen LogP contribution is 2.61. The van der Waals surface area contributed by atoms with Crippen molar-refractivity contribution in [2.75, 3.05) is 23.9 Å². The second kappa shape index (κ2) is 6.56. The van der Waals surface area contributed by atoms with E-state index in [0.717, 1.165) is 18.4 Å². The topological polar surface area (TPSA) is 78.9 Å². The molecule has 4 atom stereocenters. The maximum Gasteiger partial charge on any atom is 0.250 e. The van der Waals surface area contributed by atoms with E-state index in [-0.39, 0.29) is 23.8 Å². The van der Waals surface area contributed by atoms with E-state index >= 15 is 0 Å². The Hall–Kier alpha value is -2.90. The van der Waals surface area contributed by atoms with Crippen LogP contribution >= 0.6 is 11.6 Å². The molecule has 0 radical (unpaired) electrons. The molecule has 3 saturated heterocycles. The highest BCUT2D eigenvalue weighted by Gasteiger charge is 2.74. The fourth-order valence-corrected chi connectivity index (χ4v) is 6.70. The Morgan fingerprint density at radius 2 is 1.88 bits per heavy atom. The SMILES string of the molecule is COc1ccc(N2C(=O)[C@H]3[C@@H](C2=O)[C@@]2(C(=O)Nc4c(Cl)cc(C)cc42)N2CCC[C@@H]32)cc1. The van der Waals surface area contributed by atoms with Crippen LogP contribution in [0.25, 0.3) is 0 Å². The van der Waals surface area contributed by atoms with Gasteiger partial charge in [-0.05, 0) is 62.2 Å². The minimum Gasteiger partial charge on any atom is -0.497 e. The van der Waals surface area contributed by atoms with Crippen LogP contribution in [-0.4, -0.2) is 42.3 Å². The van der Waals surface area contributed by atoms with Crippen LogP contribution in [0.5, 0.6) is 5.75 Å². The number of ether oxygens (including phenoxy) is 1. The van der Waals surface area contributed by atoms with Gasteiger partial charge in [-0.1, -0.05) is 17.7 Å². The normalized spacial score (nSPS) is 30.7. The lowest BCUT2D eigenvalue weighted by atomic mass is 9.75. The van der Waals surface area contributed by atoms with Crippen LogP contribution in [0.1, 0.15) is 24.0 Å². The van der Waals surface area contributed by atoms with Gasteiger partial charge in [0.25, 0.3) is 5.91 Å². The number of carbonyl (C=O) groups is 3. The number of hydrogen-bond donors (Lipinski definition) is 1. The summed E-state index contributed by atoms with van der Waals surface area (Å²) in [5.41, 5.74) is 1.45. The molecule has 0 saturated carbocycles. The van der Waals surface area contributed by atoms with Crippen molar-refractivity contribution in [3.05, 3.63) is 52.5 Å². The third-order valence-corrected chi connectivity index (χ3v) is 7.83. The van der Waals surface area contributed by atoms with Crippen LogP contribution in [0.2, 0.25) is 5.02 Å². The molecule has 0 bridgehead atoms. The summed E-state index contributed by atoms with van der Waals surface area (Å²) in [6.45, 7) is 2.58. The molecular weight excluding hydrogens is 430 g/mol. The highest BCUT2D eigenvalue weighted by molar-refractivity contribution is 6.35. The van der Waals surface area contributed by atoms with E-state index in [2.05, 4.69) is 10.2 Å². The number of anilines is 2. The number of halogens is 1. The van der Waals surface area contributed by atoms with Gasteiger partial charge in [0.15, 0.2) is 0 Å². The molecule has 164 valence electrons. The second-order valence-corrected chi connectivity index (χ2v) is 9.41. The van der Waals surface area contributed by atoms with Gasteiger partial charge in [0.2, 0.25) is 11.8 Å². The van der Waals surface area contributed by atoms with E-state index in [1.807, 2.05) is 13.0 Å². The zero-order chi connectivity index (χ0) is 22.4. The third-order valence-electron chi connectivity index (χ3n) is 7.53. The van der Waals surface area contributed by atoms with Gasteiger partial charge in [0.05, 0.1) is 35.3 Å². The Kier molecular flexibility index (Phi) is 4.05. The summed E-state index contributed by atoms with van der Waals surface area (Å²) in [7, 11) is 1.56. The number of carbonyl (C=O) groups excluding carboxylic acids is 3. The van der Waals surface area contributed by atoms with Crippen molar-refractivity contribution in [1.82, 2.24) is 4.90 Å². The molecule has 32 heavy (non-hydrogen) atoms. The lowest BCUT2D eigenvalue weighted by molar-refractivity contribution is -0.135. The van der Waals surface area contributed by atoms with Crippen molar-refractivity contribution in [1.29, 1.82) is 0 Å². The summed E-state index contributed by atoms with van der Waals surface area (Å²) in [5, 5.41) is 3.40. The van der Waals surface area contributed by atoms with E-state index in [4.69, 9.17) is 16.3 Å². The van der Waals surface area contributed by atoms with Crippen molar-refractivity contribution >= 4 is 40.7 Å². The minimum absolute atomic E-state index is 0.157. The first-order chi connectivity index (χ1) is 15.4. The summed E-state index contributed by atoms with van der Waals surface area (Å²) < 4.78 is 5.21. The molecule has 0 aliphatic carbocycles. The molecule has 4 aliphatic rings. The van der Waals surface area contributed by atoms with Gasteiger partial charge >= 0.3 is 0 Å². The molecule has 4 aliphatic heterocycles. The Balaban J connectivity index is 1.54. The number of nitrogens with zero attached hydrogens (tertiary/aromatic N) is 2.